The third-order valence-electron chi connectivity index (χ3n) is 5.40. The summed E-state index contributed by atoms with van der Waals surface area (Å²) in [6.07, 6.45) is 3.38. The van der Waals surface area contributed by atoms with E-state index in [-0.39, 0.29) is 11.9 Å². The number of rotatable bonds is 9. The summed E-state index contributed by atoms with van der Waals surface area (Å²) in [6, 6.07) is 35.3. The lowest BCUT2D eigenvalue weighted by Gasteiger charge is -2.23. The van der Waals surface area contributed by atoms with E-state index in [0.717, 1.165) is 31.4 Å². The predicted octanol–water partition coefficient (Wildman–Crippen LogP) is 7.76. The minimum Gasteiger partial charge on any atom is -0.279 e. The number of nitrogens with one attached hydrogen (secondary N) is 2. The highest BCUT2D eigenvalue weighted by Gasteiger charge is 2.17. The van der Waals surface area contributed by atoms with Gasteiger partial charge in [0, 0.05) is 31.4 Å². The van der Waals surface area contributed by atoms with Gasteiger partial charge in [-0.15, -0.1) is 0 Å². The number of benzene rings is 4. The van der Waals surface area contributed by atoms with Gasteiger partial charge in [-0.05, 0) is 36.4 Å². The van der Waals surface area contributed by atoms with Crippen molar-refractivity contribution < 1.29 is 0 Å². The Morgan fingerprint density at radius 2 is 0.949 bits per heavy atom. The molecule has 0 aliphatic heterocycles. The maximum atomic E-state index is 4.69. The van der Waals surface area contributed by atoms with Gasteiger partial charge in [0.1, 0.15) is 0 Å². The van der Waals surface area contributed by atoms with E-state index in [2.05, 4.69) is 67.9 Å². The summed E-state index contributed by atoms with van der Waals surface area (Å²) in [6.45, 7) is 0. The molecule has 0 saturated heterocycles. The maximum Gasteiger partial charge on any atom is 0.250 e. The Kier molecular flexibility index (Phi) is 8.67. The zero-order valence-corrected chi connectivity index (χ0v) is 23.7. The molecule has 0 unspecified atom stereocenters. The number of halogens is 2. The normalized spacial score (nSPS) is 11.1. The van der Waals surface area contributed by atoms with Gasteiger partial charge in [-0.25, -0.2) is 10.9 Å². The molecule has 0 bridgehead atoms. The van der Waals surface area contributed by atoms with Crippen LogP contribution >= 0.6 is 31.9 Å². The average Bonchev–Trinajstić information content (AvgIpc) is 2.96. The molecule has 0 atom stereocenters. The molecule has 0 amide bonds. The van der Waals surface area contributed by atoms with Crippen LogP contribution in [0.2, 0.25) is 0 Å². The Hall–Kier alpha value is -4.41. The third kappa shape index (κ3) is 6.92. The first kappa shape index (κ1) is 26.2. The highest BCUT2D eigenvalue weighted by molar-refractivity contribution is 9.10. The quantitative estimate of drug-likeness (QED) is 0.126. The Morgan fingerprint density at radius 3 is 1.38 bits per heavy atom. The lowest BCUT2D eigenvalue weighted by atomic mass is 10.2. The Bertz CT molecular complexity index is 1480. The van der Waals surface area contributed by atoms with Crippen LogP contribution in [0.15, 0.2) is 128 Å². The van der Waals surface area contributed by atoms with Gasteiger partial charge in [0.05, 0.1) is 12.4 Å². The topological polar surface area (TPSA) is 90.7 Å². The van der Waals surface area contributed by atoms with E-state index in [9.17, 15) is 0 Å². The highest BCUT2D eigenvalue weighted by Crippen LogP contribution is 2.32. The number of anilines is 5. The molecule has 0 aliphatic carbocycles. The molecular weight excluding hydrogens is 620 g/mol. The molecule has 5 aromatic rings. The van der Waals surface area contributed by atoms with Gasteiger partial charge in [-0.1, -0.05) is 105 Å². The summed E-state index contributed by atoms with van der Waals surface area (Å²) >= 11 is 7.07. The number of hydrogen-bond acceptors (Lipinski definition) is 8. The molecule has 5 rings (SSSR count). The Morgan fingerprint density at radius 1 is 0.538 bits per heavy atom. The molecule has 0 aliphatic rings. The molecular formula is C29H22Br2N8. The van der Waals surface area contributed by atoms with Crippen molar-refractivity contribution in [3.8, 4) is 0 Å². The van der Waals surface area contributed by atoms with E-state index in [1.165, 1.54) is 0 Å². The lowest BCUT2D eigenvalue weighted by molar-refractivity contribution is 0.991. The fourth-order valence-corrected chi connectivity index (χ4v) is 4.35. The van der Waals surface area contributed by atoms with E-state index in [1.807, 2.05) is 114 Å². The van der Waals surface area contributed by atoms with Crippen LogP contribution in [-0.4, -0.2) is 27.4 Å². The smallest absolute Gasteiger partial charge is 0.250 e. The predicted molar refractivity (Wildman–Crippen MR) is 165 cm³/mol. The molecule has 0 radical (unpaired) electrons. The molecule has 1 aromatic heterocycles. The Balaban J connectivity index is 1.51. The van der Waals surface area contributed by atoms with E-state index in [4.69, 9.17) is 0 Å². The summed E-state index contributed by atoms with van der Waals surface area (Å²) < 4.78 is 1.85. The summed E-state index contributed by atoms with van der Waals surface area (Å²) in [5, 5.41) is 8.70. The van der Waals surface area contributed by atoms with Crippen LogP contribution in [0.25, 0.3) is 0 Å². The van der Waals surface area contributed by atoms with Gasteiger partial charge in [0.2, 0.25) is 17.8 Å². The van der Waals surface area contributed by atoms with Gasteiger partial charge in [0.25, 0.3) is 0 Å². The number of hydrazone groups is 2. The molecule has 192 valence electrons. The van der Waals surface area contributed by atoms with Crippen molar-refractivity contribution in [2.45, 2.75) is 0 Å². The molecule has 1 heterocycles. The average molecular weight is 642 g/mol. The lowest BCUT2D eigenvalue weighted by Crippen LogP contribution is -2.16. The number of hydrogen-bond donors (Lipinski definition) is 2. The van der Waals surface area contributed by atoms with Crippen molar-refractivity contribution in [2.24, 2.45) is 10.2 Å². The van der Waals surface area contributed by atoms with Crippen LogP contribution < -0.4 is 15.8 Å². The molecule has 8 nitrogen and oxygen atoms in total. The molecule has 0 fully saturated rings. The van der Waals surface area contributed by atoms with E-state index in [1.54, 1.807) is 12.4 Å². The molecule has 2 N–H and O–H groups in total. The van der Waals surface area contributed by atoms with Crippen molar-refractivity contribution in [1.82, 2.24) is 15.0 Å². The van der Waals surface area contributed by atoms with E-state index >= 15 is 0 Å². The molecule has 0 saturated carbocycles. The van der Waals surface area contributed by atoms with Crippen LogP contribution in [0.1, 0.15) is 11.1 Å². The van der Waals surface area contributed by atoms with Gasteiger partial charge in [0.15, 0.2) is 0 Å². The first-order chi connectivity index (χ1) is 19.2. The first-order valence-corrected chi connectivity index (χ1v) is 13.5. The standard InChI is InChI=1S/C29H22Br2N8/c30-25-17-9-7-11-21(25)19-32-37-27-34-28(38-33-20-22-12-8-10-18-26(22)31)36-29(35-27)39(23-13-3-1-4-14-23)24-15-5-2-6-16-24/h1-20H,(H2,34,35,36,37,38). The van der Waals surface area contributed by atoms with Crippen molar-refractivity contribution in [3.05, 3.63) is 129 Å². The molecule has 0 spiro atoms. The van der Waals surface area contributed by atoms with Crippen LogP contribution in [0.4, 0.5) is 29.2 Å². The fourth-order valence-electron chi connectivity index (χ4n) is 3.58. The van der Waals surface area contributed by atoms with Crippen molar-refractivity contribution in [2.75, 3.05) is 15.8 Å². The summed E-state index contributed by atoms with van der Waals surface area (Å²) in [5.41, 5.74) is 9.47. The summed E-state index contributed by atoms with van der Waals surface area (Å²) in [4.78, 5) is 15.8. The highest BCUT2D eigenvalue weighted by atomic mass is 79.9. The second kappa shape index (κ2) is 12.9. The van der Waals surface area contributed by atoms with Gasteiger partial charge in [-0.3, -0.25) is 4.90 Å². The van der Waals surface area contributed by atoms with E-state index < -0.39 is 0 Å². The fraction of sp³-hybridized carbons (Fsp3) is 0. The molecule has 39 heavy (non-hydrogen) atoms. The monoisotopic (exact) mass is 640 g/mol. The van der Waals surface area contributed by atoms with Gasteiger partial charge >= 0.3 is 0 Å². The zero-order chi connectivity index (χ0) is 26.9. The minimum absolute atomic E-state index is 0.249. The summed E-state index contributed by atoms with van der Waals surface area (Å²) in [5.74, 6) is 0.886. The largest absolute Gasteiger partial charge is 0.279 e. The molecule has 4 aromatic carbocycles. The number of nitrogens with zero attached hydrogens (tertiary/aromatic N) is 6. The van der Waals surface area contributed by atoms with Crippen molar-refractivity contribution in [3.63, 3.8) is 0 Å². The summed E-state index contributed by atoms with van der Waals surface area (Å²) in [7, 11) is 0. The zero-order valence-electron chi connectivity index (χ0n) is 20.5. The van der Waals surface area contributed by atoms with Crippen molar-refractivity contribution in [1.29, 1.82) is 0 Å². The van der Waals surface area contributed by atoms with E-state index in [0.29, 0.717) is 5.95 Å². The second-order valence-electron chi connectivity index (χ2n) is 8.07. The minimum atomic E-state index is 0.249. The van der Waals surface area contributed by atoms with Gasteiger partial charge < -0.3 is 0 Å². The molecule has 10 heteroatoms. The maximum absolute atomic E-state index is 4.69. The first-order valence-electron chi connectivity index (χ1n) is 11.9. The van der Waals surface area contributed by atoms with Crippen molar-refractivity contribution >= 4 is 73.5 Å². The SMILES string of the molecule is Brc1ccccc1C=NNc1nc(NN=Cc2ccccc2Br)nc(N(c2ccccc2)c2ccccc2)n1. The number of aromatic nitrogens is 3. The van der Waals surface area contributed by atoms with Crippen LogP contribution in [0.5, 0.6) is 0 Å². The van der Waals surface area contributed by atoms with Crippen LogP contribution in [-0.2, 0) is 0 Å². The number of para-hydroxylation sites is 2. The Labute approximate surface area is 242 Å². The van der Waals surface area contributed by atoms with Crippen LogP contribution in [0.3, 0.4) is 0 Å². The van der Waals surface area contributed by atoms with Crippen LogP contribution in [0, 0.1) is 0 Å². The second-order valence-corrected chi connectivity index (χ2v) is 9.78. The third-order valence-corrected chi connectivity index (χ3v) is 6.84. The van der Waals surface area contributed by atoms with Gasteiger partial charge in [-0.2, -0.15) is 25.2 Å².